The Morgan fingerprint density at radius 2 is 1.05 bits per heavy atom. The van der Waals surface area contributed by atoms with Gasteiger partial charge in [-0.2, -0.15) is 20.2 Å². The second kappa shape index (κ2) is 17.1. The number of aryl methyl sites for hydroxylation is 6. The molecule has 0 aliphatic carbocycles. The lowest BCUT2D eigenvalue weighted by Crippen LogP contribution is -2.21. The van der Waals surface area contributed by atoms with Crippen LogP contribution in [0, 0.1) is 27.7 Å². The summed E-state index contributed by atoms with van der Waals surface area (Å²) in [6.07, 6.45) is 3.61. The zero-order valence-electron chi connectivity index (χ0n) is 35.8. The quantitative estimate of drug-likeness (QED) is 0.0988. The molecule has 0 unspecified atom stereocenters. The van der Waals surface area contributed by atoms with Gasteiger partial charge in [-0.15, -0.1) is 12.4 Å². The number of fused-ring (bicyclic) bond motifs is 4. The lowest BCUT2D eigenvalue weighted by atomic mass is 10.1. The molecular formula is C46H49ClN14O. The number of amides is 1. The number of carbonyl (C=O) groups is 1. The molecule has 4 aromatic carbocycles. The van der Waals surface area contributed by atoms with Gasteiger partial charge in [0.05, 0.1) is 10.8 Å². The molecular weight excluding hydrogens is 800 g/mol. The molecule has 15 nitrogen and oxygen atoms in total. The Morgan fingerprint density at radius 1 is 0.597 bits per heavy atom. The molecule has 0 fully saturated rings. The van der Waals surface area contributed by atoms with Crippen LogP contribution >= 0.6 is 12.4 Å². The molecule has 0 saturated carbocycles. The summed E-state index contributed by atoms with van der Waals surface area (Å²) in [4.78, 5) is 31.9. The minimum absolute atomic E-state index is 0. The Hall–Kier alpha value is -7.10. The Labute approximate surface area is 365 Å². The highest BCUT2D eigenvalue weighted by atomic mass is 35.5. The largest absolute Gasteiger partial charge is 0.338 e. The fraction of sp³-hybridized carbons (Fsp3) is 0.239. The van der Waals surface area contributed by atoms with E-state index in [0.29, 0.717) is 25.0 Å². The van der Waals surface area contributed by atoms with Crippen LogP contribution in [0.25, 0.3) is 22.1 Å². The van der Waals surface area contributed by atoms with Crippen LogP contribution in [0.2, 0.25) is 0 Å². The average molecular weight is 849 g/mol. The number of rotatable bonds is 8. The molecule has 2 aliphatic rings. The summed E-state index contributed by atoms with van der Waals surface area (Å²) in [5, 5.41) is 27.9. The lowest BCUT2D eigenvalue weighted by molar-refractivity contribution is -0.129. The minimum atomic E-state index is 0. The normalized spacial score (nSPS) is 12.7. The van der Waals surface area contributed by atoms with Gasteiger partial charge in [-0.25, -0.2) is 19.3 Å². The Balaban J connectivity index is 0.000000169. The molecule has 1 amide bonds. The minimum Gasteiger partial charge on any atom is -0.338 e. The zero-order valence-corrected chi connectivity index (χ0v) is 36.6. The zero-order chi connectivity index (χ0) is 42.4. The summed E-state index contributed by atoms with van der Waals surface area (Å²) >= 11 is 0. The summed E-state index contributed by atoms with van der Waals surface area (Å²) < 4.78 is 3.54. The highest BCUT2D eigenvalue weighted by Crippen LogP contribution is 2.32. The van der Waals surface area contributed by atoms with Crippen LogP contribution in [0.3, 0.4) is 0 Å². The van der Waals surface area contributed by atoms with E-state index in [1.807, 2.05) is 37.3 Å². The summed E-state index contributed by atoms with van der Waals surface area (Å²) in [7, 11) is 3.77. The standard InChI is InChI=1S/C24H25N7O.C22H23N7.ClH/c1-14-6-5-7-15(2)21(14)27-22-20-11-25-24(28-23(20)30(4)29-22)26-19-9-8-17-12-31(16(3)32)13-18(17)10-19;1-13-5-4-6-14(2)19(13)26-20-18-12-24-22(27-21(18)29(3)28-20)25-17-8-7-15-10-23-11-16(15)9-17;/h5-11H,12-13H2,1-4H3,(H,27,29)(H,25,26,28);4-9,12,23H,10-11H2,1-3H3,(H,26,28)(H,24,25,27);1H. The van der Waals surface area contributed by atoms with Crippen molar-refractivity contribution in [3.05, 3.63) is 130 Å². The van der Waals surface area contributed by atoms with Gasteiger partial charge in [-0.1, -0.05) is 48.5 Å². The van der Waals surface area contributed by atoms with E-state index < -0.39 is 0 Å². The molecule has 0 saturated heterocycles. The number of hydrogen-bond donors (Lipinski definition) is 5. The first-order valence-corrected chi connectivity index (χ1v) is 20.3. The van der Waals surface area contributed by atoms with Crippen LogP contribution < -0.4 is 26.6 Å². The van der Waals surface area contributed by atoms with Crippen LogP contribution in [-0.2, 0) is 45.1 Å². The fourth-order valence-electron chi connectivity index (χ4n) is 7.97. The molecule has 2 aliphatic heterocycles. The van der Waals surface area contributed by atoms with Crippen molar-refractivity contribution in [3.8, 4) is 0 Å². The summed E-state index contributed by atoms with van der Waals surface area (Å²) in [5.74, 6) is 2.64. The summed E-state index contributed by atoms with van der Waals surface area (Å²) in [5.41, 5.74) is 15.2. The van der Waals surface area contributed by atoms with Gasteiger partial charge in [0, 0.05) is 82.3 Å². The molecule has 0 spiro atoms. The second-order valence-corrected chi connectivity index (χ2v) is 15.8. The molecule has 10 rings (SSSR count). The molecule has 6 heterocycles. The maximum Gasteiger partial charge on any atom is 0.229 e. The van der Waals surface area contributed by atoms with Crippen molar-refractivity contribution < 1.29 is 4.79 Å². The van der Waals surface area contributed by atoms with Crippen molar-refractivity contribution in [2.45, 2.75) is 60.8 Å². The van der Waals surface area contributed by atoms with Crippen molar-refractivity contribution >= 4 is 86.7 Å². The fourth-order valence-corrected chi connectivity index (χ4v) is 7.97. The number of aromatic nitrogens is 8. The number of hydrogen-bond acceptors (Lipinski definition) is 12. The molecule has 8 aromatic rings. The van der Waals surface area contributed by atoms with Gasteiger partial charge in [0.1, 0.15) is 0 Å². The first-order valence-electron chi connectivity index (χ1n) is 20.3. The topological polar surface area (TPSA) is 168 Å². The van der Waals surface area contributed by atoms with Crippen LogP contribution in [0.5, 0.6) is 0 Å². The van der Waals surface area contributed by atoms with E-state index >= 15 is 0 Å². The van der Waals surface area contributed by atoms with Crippen LogP contribution in [0.15, 0.2) is 85.2 Å². The van der Waals surface area contributed by atoms with Gasteiger partial charge in [0.2, 0.25) is 17.8 Å². The molecule has 16 heteroatoms. The Bertz CT molecular complexity index is 2950. The van der Waals surface area contributed by atoms with E-state index in [0.717, 1.165) is 86.2 Å². The number of para-hydroxylation sites is 2. The van der Waals surface area contributed by atoms with E-state index in [4.69, 9.17) is 4.98 Å². The molecule has 316 valence electrons. The Morgan fingerprint density at radius 3 is 1.55 bits per heavy atom. The van der Waals surface area contributed by atoms with Crippen LogP contribution in [0.1, 0.15) is 51.4 Å². The number of halogens is 1. The summed E-state index contributed by atoms with van der Waals surface area (Å²) in [6, 6.07) is 24.9. The number of nitrogens with one attached hydrogen (secondary N) is 5. The van der Waals surface area contributed by atoms with E-state index in [2.05, 4.69) is 140 Å². The predicted octanol–water partition coefficient (Wildman–Crippen LogP) is 8.82. The SMILES string of the molecule is CC(=O)N1Cc2ccc(Nc3ncc4c(Nc5c(C)cccc5C)nn(C)c4n3)cc2C1.Cc1cccc(C)c1Nc1nn(C)c2nc(Nc3ccc4c(c3)CNC4)ncc12.Cl. The van der Waals surface area contributed by atoms with Crippen molar-refractivity contribution in [1.82, 2.24) is 49.7 Å². The maximum absolute atomic E-state index is 11.7. The van der Waals surface area contributed by atoms with Crippen LogP contribution in [-0.4, -0.2) is 50.3 Å². The number of nitrogens with zero attached hydrogens (tertiary/aromatic N) is 9. The maximum atomic E-state index is 11.7. The third-order valence-electron chi connectivity index (χ3n) is 11.3. The van der Waals surface area contributed by atoms with Gasteiger partial charge < -0.3 is 31.5 Å². The monoisotopic (exact) mass is 848 g/mol. The van der Waals surface area contributed by atoms with Crippen molar-refractivity contribution in [2.24, 2.45) is 14.1 Å². The number of anilines is 8. The molecule has 5 N–H and O–H groups in total. The second-order valence-electron chi connectivity index (χ2n) is 15.8. The highest BCUT2D eigenvalue weighted by molar-refractivity contribution is 5.91. The number of benzene rings is 4. The lowest BCUT2D eigenvalue weighted by Gasteiger charge is -2.11. The van der Waals surface area contributed by atoms with E-state index in [9.17, 15) is 4.79 Å². The first kappa shape index (κ1) is 41.6. The van der Waals surface area contributed by atoms with Gasteiger partial charge in [-0.05, 0) is 96.5 Å². The smallest absolute Gasteiger partial charge is 0.229 e. The van der Waals surface area contributed by atoms with Crippen LogP contribution in [0.4, 0.5) is 46.3 Å². The van der Waals surface area contributed by atoms with Gasteiger partial charge >= 0.3 is 0 Å². The van der Waals surface area contributed by atoms with E-state index in [-0.39, 0.29) is 18.3 Å². The third kappa shape index (κ3) is 8.32. The van der Waals surface area contributed by atoms with E-state index in [1.54, 1.807) is 22.5 Å². The van der Waals surface area contributed by atoms with Crippen molar-refractivity contribution in [2.75, 3.05) is 21.3 Å². The highest BCUT2D eigenvalue weighted by Gasteiger charge is 2.22. The molecule has 62 heavy (non-hydrogen) atoms. The summed E-state index contributed by atoms with van der Waals surface area (Å²) in [6.45, 7) is 13.1. The molecule has 0 atom stereocenters. The molecule has 0 bridgehead atoms. The first-order chi connectivity index (χ1) is 29.5. The Kier molecular flexibility index (Phi) is 11.5. The van der Waals surface area contributed by atoms with Gasteiger partial charge in [0.25, 0.3) is 0 Å². The predicted molar refractivity (Wildman–Crippen MR) is 248 cm³/mol. The molecule has 4 aromatic heterocycles. The van der Waals surface area contributed by atoms with E-state index in [1.165, 1.54) is 27.8 Å². The van der Waals surface area contributed by atoms with Gasteiger partial charge in [0.15, 0.2) is 22.9 Å². The average Bonchev–Trinajstić information content (AvgIpc) is 4.03. The van der Waals surface area contributed by atoms with Crippen molar-refractivity contribution in [1.29, 1.82) is 0 Å². The molecule has 0 radical (unpaired) electrons. The van der Waals surface area contributed by atoms with Gasteiger partial charge in [-0.3, -0.25) is 4.79 Å². The van der Waals surface area contributed by atoms with Crippen molar-refractivity contribution in [3.63, 3.8) is 0 Å². The third-order valence-corrected chi connectivity index (χ3v) is 11.3. The number of carbonyl (C=O) groups excluding carboxylic acids is 1.